The zero-order chi connectivity index (χ0) is 16.7. The van der Waals surface area contributed by atoms with Crippen LogP contribution in [-0.4, -0.2) is 49.6 Å². The lowest BCUT2D eigenvalue weighted by Gasteiger charge is -2.35. The Bertz CT molecular complexity index is 550. The van der Waals surface area contributed by atoms with Crippen molar-refractivity contribution >= 4 is 11.8 Å². The monoisotopic (exact) mass is 322 g/mol. The van der Waals surface area contributed by atoms with Gasteiger partial charge in [-0.3, -0.25) is 9.59 Å². The van der Waals surface area contributed by atoms with Crippen LogP contribution in [-0.2, 0) is 20.7 Å². The minimum Gasteiger partial charge on any atom is -0.375 e. The number of nitrogens with one attached hydrogen (secondary N) is 1. The SMILES string of the molecule is COCC(=O)NC[C@@H](Cc1cccc(F)c1)N1CCCCC1=O. The first-order valence-corrected chi connectivity index (χ1v) is 7.89. The molecule has 23 heavy (non-hydrogen) atoms. The zero-order valence-electron chi connectivity index (χ0n) is 13.4. The third-order valence-corrected chi connectivity index (χ3v) is 3.97. The van der Waals surface area contributed by atoms with Gasteiger partial charge in [0.15, 0.2) is 0 Å². The summed E-state index contributed by atoms with van der Waals surface area (Å²) in [6.45, 7) is 1.00. The number of halogens is 1. The fraction of sp³-hybridized carbons (Fsp3) is 0.529. The summed E-state index contributed by atoms with van der Waals surface area (Å²) >= 11 is 0. The van der Waals surface area contributed by atoms with Crippen molar-refractivity contribution < 1.29 is 18.7 Å². The third-order valence-electron chi connectivity index (χ3n) is 3.97. The molecule has 0 unspecified atom stereocenters. The second kappa shape index (κ2) is 8.62. The number of methoxy groups -OCH3 is 1. The molecule has 126 valence electrons. The lowest BCUT2D eigenvalue weighted by Crippen LogP contribution is -2.50. The number of likely N-dealkylation sites (tertiary alicyclic amines) is 1. The molecule has 1 aromatic carbocycles. The Kier molecular flexibility index (Phi) is 6.52. The van der Waals surface area contributed by atoms with Crippen molar-refractivity contribution in [2.45, 2.75) is 31.7 Å². The van der Waals surface area contributed by atoms with Gasteiger partial charge >= 0.3 is 0 Å². The highest BCUT2D eigenvalue weighted by atomic mass is 19.1. The maximum atomic E-state index is 13.4. The molecule has 0 bridgehead atoms. The van der Waals surface area contributed by atoms with E-state index in [1.54, 1.807) is 6.07 Å². The third kappa shape index (κ3) is 5.32. The Labute approximate surface area is 135 Å². The standard InChI is InChI=1S/C17H23FN2O3/c1-23-12-16(21)19-11-15(20-8-3-2-7-17(20)22)10-13-5-4-6-14(18)9-13/h4-6,9,15H,2-3,7-8,10-12H2,1H3,(H,19,21)/t15-/m1/s1. The summed E-state index contributed by atoms with van der Waals surface area (Å²) in [5.41, 5.74) is 0.814. The first kappa shape index (κ1) is 17.4. The second-order valence-corrected chi connectivity index (χ2v) is 5.77. The second-order valence-electron chi connectivity index (χ2n) is 5.77. The number of amides is 2. The van der Waals surface area contributed by atoms with Crippen LogP contribution in [0.3, 0.4) is 0 Å². The van der Waals surface area contributed by atoms with Gasteiger partial charge in [-0.2, -0.15) is 0 Å². The fourth-order valence-electron chi connectivity index (χ4n) is 2.86. The minimum atomic E-state index is -0.297. The summed E-state index contributed by atoms with van der Waals surface area (Å²) in [4.78, 5) is 25.6. The predicted molar refractivity (Wildman–Crippen MR) is 84.3 cm³/mol. The van der Waals surface area contributed by atoms with Crippen molar-refractivity contribution in [3.63, 3.8) is 0 Å². The quantitative estimate of drug-likeness (QED) is 0.828. The largest absolute Gasteiger partial charge is 0.375 e. The van der Waals surface area contributed by atoms with Gasteiger partial charge in [-0.05, 0) is 37.0 Å². The molecule has 0 spiro atoms. The number of carbonyl (C=O) groups is 2. The average Bonchev–Trinajstić information content (AvgIpc) is 2.52. The van der Waals surface area contributed by atoms with Gasteiger partial charge < -0.3 is 15.0 Å². The van der Waals surface area contributed by atoms with E-state index in [1.807, 2.05) is 11.0 Å². The molecule has 1 aliphatic heterocycles. The smallest absolute Gasteiger partial charge is 0.246 e. The van der Waals surface area contributed by atoms with Gasteiger partial charge in [-0.15, -0.1) is 0 Å². The number of benzene rings is 1. The van der Waals surface area contributed by atoms with Crippen LogP contribution < -0.4 is 5.32 Å². The summed E-state index contributed by atoms with van der Waals surface area (Å²) < 4.78 is 18.2. The maximum Gasteiger partial charge on any atom is 0.246 e. The first-order chi connectivity index (χ1) is 11.1. The molecule has 1 aliphatic rings. The number of rotatable bonds is 7. The van der Waals surface area contributed by atoms with E-state index in [-0.39, 0.29) is 30.3 Å². The van der Waals surface area contributed by atoms with Crippen LogP contribution in [0.1, 0.15) is 24.8 Å². The van der Waals surface area contributed by atoms with Crippen LogP contribution in [0, 0.1) is 5.82 Å². The van der Waals surface area contributed by atoms with Crippen molar-refractivity contribution in [3.8, 4) is 0 Å². The molecule has 2 rings (SSSR count). The van der Waals surface area contributed by atoms with Gasteiger partial charge in [-0.1, -0.05) is 12.1 Å². The Morgan fingerprint density at radius 1 is 1.43 bits per heavy atom. The minimum absolute atomic E-state index is 0.0133. The normalized spacial score (nSPS) is 16.3. The number of carbonyl (C=O) groups excluding carboxylic acids is 2. The Hall–Kier alpha value is -1.95. The van der Waals surface area contributed by atoms with Gasteiger partial charge in [-0.25, -0.2) is 4.39 Å². The van der Waals surface area contributed by atoms with Crippen molar-refractivity contribution in [1.82, 2.24) is 10.2 Å². The molecule has 0 aliphatic carbocycles. The molecule has 1 atom stereocenters. The molecule has 1 saturated heterocycles. The van der Waals surface area contributed by atoms with Crippen molar-refractivity contribution in [1.29, 1.82) is 0 Å². The molecule has 0 radical (unpaired) electrons. The molecule has 6 heteroatoms. The summed E-state index contributed by atoms with van der Waals surface area (Å²) in [5, 5.41) is 2.78. The number of ether oxygens (including phenoxy) is 1. The first-order valence-electron chi connectivity index (χ1n) is 7.89. The summed E-state index contributed by atoms with van der Waals surface area (Å²) in [6, 6.07) is 6.18. The van der Waals surface area contributed by atoms with Gasteiger partial charge in [0.2, 0.25) is 11.8 Å². The van der Waals surface area contributed by atoms with E-state index in [0.717, 1.165) is 18.4 Å². The fourth-order valence-corrected chi connectivity index (χ4v) is 2.86. The molecule has 0 aromatic heterocycles. The lowest BCUT2D eigenvalue weighted by molar-refractivity contribution is -0.136. The molecule has 1 N–H and O–H groups in total. The van der Waals surface area contributed by atoms with E-state index >= 15 is 0 Å². The van der Waals surface area contributed by atoms with E-state index in [1.165, 1.54) is 19.2 Å². The number of hydrogen-bond acceptors (Lipinski definition) is 3. The highest BCUT2D eigenvalue weighted by Gasteiger charge is 2.26. The van der Waals surface area contributed by atoms with Gasteiger partial charge in [0.1, 0.15) is 12.4 Å². The highest BCUT2D eigenvalue weighted by molar-refractivity contribution is 5.78. The van der Waals surface area contributed by atoms with Crippen LogP contribution in [0.25, 0.3) is 0 Å². The molecule has 1 aromatic rings. The lowest BCUT2D eigenvalue weighted by atomic mass is 10.0. The van der Waals surface area contributed by atoms with Crippen molar-refractivity contribution in [2.24, 2.45) is 0 Å². The van der Waals surface area contributed by atoms with E-state index < -0.39 is 0 Å². The van der Waals surface area contributed by atoms with E-state index in [9.17, 15) is 14.0 Å². The van der Waals surface area contributed by atoms with Crippen LogP contribution in [0.2, 0.25) is 0 Å². The topological polar surface area (TPSA) is 58.6 Å². The number of nitrogens with zero attached hydrogens (tertiary/aromatic N) is 1. The Morgan fingerprint density at radius 3 is 2.96 bits per heavy atom. The van der Waals surface area contributed by atoms with E-state index in [4.69, 9.17) is 4.74 Å². The van der Waals surface area contributed by atoms with Gasteiger partial charge in [0.05, 0.1) is 6.04 Å². The molecular formula is C17H23FN2O3. The van der Waals surface area contributed by atoms with Gasteiger partial charge in [0, 0.05) is 26.6 Å². The predicted octanol–water partition coefficient (Wildman–Crippen LogP) is 1.51. The molecule has 1 heterocycles. The maximum absolute atomic E-state index is 13.4. The Balaban J connectivity index is 2.06. The highest BCUT2D eigenvalue weighted by Crippen LogP contribution is 2.17. The van der Waals surface area contributed by atoms with Crippen LogP contribution >= 0.6 is 0 Å². The van der Waals surface area contributed by atoms with Crippen molar-refractivity contribution in [3.05, 3.63) is 35.6 Å². The van der Waals surface area contributed by atoms with E-state index in [2.05, 4.69) is 5.32 Å². The Morgan fingerprint density at radius 2 is 2.26 bits per heavy atom. The van der Waals surface area contributed by atoms with Crippen LogP contribution in [0.4, 0.5) is 4.39 Å². The number of piperidine rings is 1. The molecule has 5 nitrogen and oxygen atoms in total. The molecule has 2 amide bonds. The summed E-state index contributed by atoms with van der Waals surface area (Å²) in [5.74, 6) is -0.422. The summed E-state index contributed by atoms with van der Waals surface area (Å²) in [6.07, 6.45) is 2.90. The zero-order valence-corrected chi connectivity index (χ0v) is 13.4. The van der Waals surface area contributed by atoms with Crippen LogP contribution in [0.15, 0.2) is 24.3 Å². The number of hydrogen-bond donors (Lipinski definition) is 1. The van der Waals surface area contributed by atoms with Gasteiger partial charge in [0.25, 0.3) is 0 Å². The van der Waals surface area contributed by atoms with Crippen molar-refractivity contribution in [2.75, 3.05) is 26.8 Å². The molecular weight excluding hydrogens is 299 g/mol. The molecule has 1 fully saturated rings. The van der Waals surface area contributed by atoms with Crippen LogP contribution in [0.5, 0.6) is 0 Å². The average molecular weight is 322 g/mol. The summed E-state index contributed by atoms with van der Waals surface area (Å²) in [7, 11) is 1.46. The van der Waals surface area contributed by atoms with E-state index in [0.29, 0.717) is 25.9 Å². The molecule has 0 saturated carbocycles.